The van der Waals surface area contributed by atoms with Gasteiger partial charge in [-0.15, -0.1) is 0 Å². The van der Waals surface area contributed by atoms with Crippen LogP contribution < -0.4 is 21.5 Å². The minimum atomic E-state index is -0.251. The summed E-state index contributed by atoms with van der Waals surface area (Å²) in [6, 6.07) is 5.89. The van der Waals surface area contributed by atoms with Crippen molar-refractivity contribution < 1.29 is 4.79 Å². The molecule has 0 spiro atoms. The van der Waals surface area contributed by atoms with Crippen molar-refractivity contribution in [3.05, 3.63) is 40.4 Å². The smallest absolute Gasteiger partial charge is 0.268 e. The molecule has 8 nitrogen and oxygen atoms in total. The van der Waals surface area contributed by atoms with Crippen molar-refractivity contribution in [1.82, 2.24) is 19.9 Å². The minimum Gasteiger partial charge on any atom is -0.369 e. The number of hydrogen-bond acceptors (Lipinski definition) is 5. The van der Waals surface area contributed by atoms with Crippen molar-refractivity contribution in [2.45, 2.75) is 37.8 Å². The number of nitrogens with zero attached hydrogens (tertiary/aromatic N) is 3. The van der Waals surface area contributed by atoms with Crippen LogP contribution in [0.1, 0.15) is 42.2 Å². The van der Waals surface area contributed by atoms with Crippen molar-refractivity contribution in [3.8, 4) is 0 Å². The second kappa shape index (κ2) is 6.27. The van der Waals surface area contributed by atoms with Gasteiger partial charge in [-0.2, -0.15) is 4.98 Å². The largest absolute Gasteiger partial charge is 0.369 e. The zero-order chi connectivity index (χ0) is 17.4. The number of rotatable bonds is 4. The van der Waals surface area contributed by atoms with E-state index in [1.807, 2.05) is 23.2 Å². The highest BCUT2D eigenvalue weighted by atomic mass is 16.2. The van der Waals surface area contributed by atoms with Gasteiger partial charge in [0.05, 0.1) is 0 Å². The predicted octanol–water partition coefficient (Wildman–Crippen LogP) is 0.887. The van der Waals surface area contributed by atoms with Crippen LogP contribution in [-0.2, 0) is 0 Å². The number of piperidine rings is 1. The molecule has 1 saturated heterocycles. The Labute approximate surface area is 145 Å². The fourth-order valence-corrected chi connectivity index (χ4v) is 3.39. The first kappa shape index (κ1) is 15.7. The molecular weight excluding hydrogens is 320 g/mol. The zero-order valence-electron chi connectivity index (χ0n) is 13.9. The normalized spacial score (nSPS) is 18.3. The van der Waals surface area contributed by atoms with E-state index in [0.29, 0.717) is 11.9 Å². The molecule has 8 heteroatoms. The summed E-state index contributed by atoms with van der Waals surface area (Å²) >= 11 is 0. The van der Waals surface area contributed by atoms with E-state index >= 15 is 0 Å². The number of hydrogen-bond donors (Lipinski definition) is 3. The number of carbonyl (C=O) groups excluding carboxylic acids is 1. The molecule has 2 fully saturated rings. The second-order valence-electron chi connectivity index (χ2n) is 6.76. The number of anilines is 2. The molecule has 25 heavy (non-hydrogen) atoms. The molecule has 0 aromatic carbocycles. The maximum atomic E-state index is 12.5. The van der Waals surface area contributed by atoms with Crippen LogP contribution in [-0.4, -0.2) is 39.6 Å². The summed E-state index contributed by atoms with van der Waals surface area (Å²) in [6.45, 7) is 1.45. The predicted molar refractivity (Wildman–Crippen MR) is 94.7 cm³/mol. The number of carbonyl (C=O) groups is 1. The van der Waals surface area contributed by atoms with Crippen molar-refractivity contribution >= 4 is 17.7 Å². The van der Waals surface area contributed by atoms with Crippen LogP contribution in [0.2, 0.25) is 0 Å². The lowest BCUT2D eigenvalue weighted by Crippen LogP contribution is -2.45. The topological polar surface area (TPSA) is 109 Å². The first-order valence-electron chi connectivity index (χ1n) is 8.69. The Bertz CT molecular complexity index is 830. The molecular formula is C17H22N6O2. The average Bonchev–Trinajstić information content (AvgIpc) is 3.31. The molecule has 0 radical (unpaired) electrons. The summed E-state index contributed by atoms with van der Waals surface area (Å²) in [5.74, 6) is 0.710. The fraction of sp³-hybridized carbons (Fsp3) is 0.471. The fourth-order valence-electron chi connectivity index (χ4n) is 3.39. The van der Waals surface area contributed by atoms with Gasteiger partial charge in [-0.3, -0.25) is 14.6 Å². The number of amides is 1. The molecule has 1 aliphatic heterocycles. The average molecular weight is 342 g/mol. The minimum absolute atomic E-state index is 0.00567. The number of aromatic amines is 1. The number of nitrogens with one attached hydrogen (secondary N) is 2. The van der Waals surface area contributed by atoms with Crippen LogP contribution >= 0.6 is 0 Å². The monoisotopic (exact) mass is 342 g/mol. The van der Waals surface area contributed by atoms with E-state index in [9.17, 15) is 9.59 Å². The summed E-state index contributed by atoms with van der Waals surface area (Å²) in [5.41, 5.74) is 6.10. The molecule has 1 saturated carbocycles. The highest BCUT2D eigenvalue weighted by molar-refractivity contribution is 5.93. The molecule has 1 aliphatic carbocycles. The summed E-state index contributed by atoms with van der Waals surface area (Å²) in [4.78, 5) is 32.7. The van der Waals surface area contributed by atoms with Gasteiger partial charge in [-0.1, -0.05) is 0 Å². The standard InChI is InChI=1S/C17H22N6O2/c18-17-20-14(10-15(24)21-17)22-8-5-11(6-9-22)19-16(25)13-2-1-7-23(13)12-3-4-12/h1-2,7,10-12H,3-6,8-9H2,(H,19,25)(H3,18,20,21,24). The van der Waals surface area contributed by atoms with Gasteiger partial charge in [-0.05, 0) is 37.8 Å². The summed E-state index contributed by atoms with van der Waals surface area (Å²) < 4.78 is 2.08. The third-order valence-corrected chi connectivity index (χ3v) is 4.85. The third-order valence-electron chi connectivity index (χ3n) is 4.85. The second-order valence-corrected chi connectivity index (χ2v) is 6.76. The van der Waals surface area contributed by atoms with Crippen molar-refractivity contribution in [1.29, 1.82) is 0 Å². The van der Waals surface area contributed by atoms with Gasteiger partial charge in [0.15, 0.2) is 0 Å². The number of nitrogens with two attached hydrogens (primary N) is 1. The van der Waals surface area contributed by atoms with E-state index in [4.69, 9.17) is 5.73 Å². The van der Waals surface area contributed by atoms with Crippen LogP contribution in [0.25, 0.3) is 0 Å². The van der Waals surface area contributed by atoms with E-state index in [0.717, 1.165) is 44.5 Å². The molecule has 1 amide bonds. The van der Waals surface area contributed by atoms with Crippen molar-refractivity contribution in [3.63, 3.8) is 0 Å². The Balaban J connectivity index is 1.36. The summed E-state index contributed by atoms with van der Waals surface area (Å²) in [7, 11) is 0. The zero-order valence-corrected chi connectivity index (χ0v) is 13.9. The molecule has 4 rings (SSSR count). The van der Waals surface area contributed by atoms with Gasteiger partial charge in [0.1, 0.15) is 11.5 Å². The SMILES string of the molecule is Nc1nc(N2CCC(NC(=O)c3cccn3C3CC3)CC2)cc(=O)[nH]1. The van der Waals surface area contributed by atoms with Crippen molar-refractivity contribution in [2.75, 3.05) is 23.7 Å². The molecule has 2 aromatic rings. The lowest BCUT2D eigenvalue weighted by atomic mass is 10.0. The summed E-state index contributed by atoms with van der Waals surface area (Å²) in [6.07, 6.45) is 5.91. The number of nitrogen functional groups attached to an aromatic ring is 1. The van der Waals surface area contributed by atoms with E-state index in [-0.39, 0.29) is 23.5 Å². The highest BCUT2D eigenvalue weighted by Crippen LogP contribution is 2.36. The van der Waals surface area contributed by atoms with Crippen LogP contribution in [0, 0.1) is 0 Å². The Hall–Kier alpha value is -2.77. The molecule has 0 bridgehead atoms. The first-order chi connectivity index (χ1) is 12.1. The third kappa shape index (κ3) is 3.38. The molecule has 3 heterocycles. The van der Waals surface area contributed by atoms with Gasteiger partial charge in [0.2, 0.25) is 5.95 Å². The lowest BCUT2D eigenvalue weighted by Gasteiger charge is -2.33. The van der Waals surface area contributed by atoms with Gasteiger partial charge < -0.3 is 20.5 Å². The van der Waals surface area contributed by atoms with E-state index < -0.39 is 0 Å². The maximum Gasteiger partial charge on any atom is 0.268 e. The van der Waals surface area contributed by atoms with Crippen LogP contribution in [0.15, 0.2) is 29.2 Å². The number of aromatic nitrogens is 3. The van der Waals surface area contributed by atoms with Crippen molar-refractivity contribution in [2.24, 2.45) is 0 Å². The van der Waals surface area contributed by atoms with Gasteiger partial charge in [0.25, 0.3) is 11.5 Å². The van der Waals surface area contributed by atoms with Gasteiger partial charge in [-0.25, -0.2) is 0 Å². The van der Waals surface area contributed by atoms with Gasteiger partial charge in [0, 0.05) is 37.4 Å². The molecule has 2 aliphatic rings. The lowest BCUT2D eigenvalue weighted by molar-refractivity contribution is 0.0921. The Morgan fingerprint density at radius 1 is 1.28 bits per heavy atom. The van der Waals surface area contributed by atoms with E-state index in [1.54, 1.807) is 0 Å². The van der Waals surface area contributed by atoms with Crippen LogP contribution in [0.3, 0.4) is 0 Å². The summed E-state index contributed by atoms with van der Waals surface area (Å²) in [5, 5.41) is 3.14. The first-order valence-corrected chi connectivity index (χ1v) is 8.69. The molecule has 132 valence electrons. The maximum absolute atomic E-state index is 12.5. The van der Waals surface area contributed by atoms with Crippen LogP contribution in [0.5, 0.6) is 0 Å². The highest BCUT2D eigenvalue weighted by Gasteiger charge is 2.28. The Morgan fingerprint density at radius 2 is 2.04 bits per heavy atom. The van der Waals surface area contributed by atoms with Gasteiger partial charge >= 0.3 is 0 Å². The molecule has 2 aromatic heterocycles. The quantitative estimate of drug-likeness (QED) is 0.764. The Kier molecular flexibility index (Phi) is 3.95. The molecule has 0 atom stereocenters. The van der Waals surface area contributed by atoms with E-state index in [1.165, 1.54) is 6.07 Å². The Morgan fingerprint density at radius 3 is 2.72 bits per heavy atom. The van der Waals surface area contributed by atoms with E-state index in [2.05, 4.69) is 19.9 Å². The molecule has 4 N–H and O–H groups in total. The number of H-pyrrole nitrogens is 1. The molecule has 0 unspecified atom stereocenters. The van der Waals surface area contributed by atoms with Crippen LogP contribution in [0.4, 0.5) is 11.8 Å².